The molecule has 1 aromatic heterocycles. The predicted molar refractivity (Wildman–Crippen MR) is 49.1 cm³/mol. The summed E-state index contributed by atoms with van der Waals surface area (Å²) in [5.41, 5.74) is 1.12. The first-order valence-electron chi connectivity index (χ1n) is 3.86. The fraction of sp³-hybridized carbons (Fsp3) is 0.500. The van der Waals surface area contributed by atoms with E-state index in [-0.39, 0.29) is 0 Å². The smallest absolute Gasteiger partial charge is 0.135 e. The maximum absolute atomic E-state index is 4.17. The van der Waals surface area contributed by atoms with Crippen LogP contribution in [0.4, 0.5) is 5.82 Å². The summed E-state index contributed by atoms with van der Waals surface area (Å²) in [5.74, 6) is 0.972. The standard InChI is InChI=1S/C8H14N4/c1-9-4-7-5-10-6-11-8(7)12(2)3/h5-6,9H,4H2,1-3H3. The van der Waals surface area contributed by atoms with E-state index < -0.39 is 0 Å². The molecule has 0 unspecified atom stereocenters. The molecule has 1 heterocycles. The van der Waals surface area contributed by atoms with Gasteiger partial charge >= 0.3 is 0 Å². The molecular formula is C8H14N4. The van der Waals surface area contributed by atoms with Gasteiger partial charge in [-0.15, -0.1) is 0 Å². The molecule has 1 aromatic rings. The third-order valence-electron chi connectivity index (χ3n) is 1.56. The monoisotopic (exact) mass is 166 g/mol. The molecule has 0 aliphatic rings. The Bertz CT molecular complexity index is 247. The van der Waals surface area contributed by atoms with Crippen molar-refractivity contribution in [3.05, 3.63) is 18.1 Å². The number of hydrogen-bond donors (Lipinski definition) is 1. The molecule has 4 heteroatoms. The molecule has 0 aliphatic heterocycles. The first kappa shape index (κ1) is 8.93. The molecule has 12 heavy (non-hydrogen) atoms. The van der Waals surface area contributed by atoms with E-state index in [1.807, 2.05) is 32.2 Å². The first-order chi connectivity index (χ1) is 5.75. The van der Waals surface area contributed by atoms with Crippen LogP contribution in [0, 0.1) is 0 Å². The molecule has 0 bridgehead atoms. The molecule has 0 spiro atoms. The maximum Gasteiger partial charge on any atom is 0.135 e. The van der Waals surface area contributed by atoms with E-state index in [0.717, 1.165) is 17.9 Å². The van der Waals surface area contributed by atoms with Gasteiger partial charge in [0.05, 0.1) is 0 Å². The van der Waals surface area contributed by atoms with Crippen molar-refractivity contribution in [1.29, 1.82) is 0 Å². The lowest BCUT2D eigenvalue weighted by Gasteiger charge is -2.14. The minimum absolute atomic E-state index is 0.800. The van der Waals surface area contributed by atoms with Crippen LogP contribution < -0.4 is 10.2 Å². The van der Waals surface area contributed by atoms with E-state index in [1.165, 1.54) is 0 Å². The highest BCUT2D eigenvalue weighted by atomic mass is 15.1. The number of nitrogens with zero attached hydrogens (tertiary/aromatic N) is 3. The van der Waals surface area contributed by atoms with Crippen molar-refractivity contribution in [2.45, 2.75) is 6.54 Å². The molecule has 0 saturated heterocycles. The lowest BCUT2D eigenvalue weighted by Crippen LogP contribution is -2.16. The van der Waals surface area contributed by atoms with Gasteiger partial charge in [0.15, 0.2) is 0 Å². The molecule has 1 N–H and O–H groups in total. The van der Waals surface area contributed by atoms with Crippen molar-refractivity contribution in [1.82, 2.24) is 15.3 Å². The Hall–Kier alpha value is -1.16. The summed E-state index contributed by atoms with van der Waals surface area (Å²) in [4.78, 5) is 10.1. The van der Waals surface area contributed by atoms with Crippen molar-refractivity contribution in [3.63, 3.8) is 0 Å². The Morgan fingerprint density at radius 1 is 1.50 bits per heavy atom. The fourth-order valence-electron chi connectivity index (χ4n) is 1.07. The third kappa shape index (κ3) is 1.92. The number of anilines is 1. The highest BCUT2D eigenvalue weighted by molar-refractivity contribution is 5.43. The van der Waals surface area contributed by atoms with Crippen LogP contribution in [0.1, 0.15) is 5.56 Å². The average molecular weight is 166 g/mol. The minimum Gasteiger partial charge on any atom is -0.362 e. The maximum atomic E-state index is 4.17. The topological polar surface area (TPSA) is 41.1 Å². The Balaban J connectivity index is 2.92. The van der Waals surface area contributed by atoms with Gasteiger partial charge in [-0.1, -0.05) is 0 Å². The highest BCUT2D eigenvalue weighted by Gasteiger charge is 2.03. The molecule has 0 fully saturated rings. The lowest BCUT2D eigenvalue weighted by molar-refractivity contribution is 0.800. The molecule has 0 atom stereocenters. The summed E-state index contributed by atoms with van der Waals surface area (Å²) in [5, 5.41) is 3.07. The van der Waals surface area contributed by atoms with E-state index in [4.69, 9.17) is 0 Å². The van der Waals surface area contributed by atoms with Gasteiger partial charge in [0.25, 0.3) is 0 Å². The largest absolute Gasteiger partial charge is 0.362 e. The second kappa shape index (κ2) is 4.01. The predicted octanol–water partition coefficient (Wildman–Crippen LogP) is 0.262. The van der Waals surface area contributed by atoms with Crippen LogP contribution in [0.25, 0.3) is 0 Å². The van der Waals surface area contributed by atoms with Gasteiger partial charge in [0.2, 0.25) is 0 Å². The SMILES string of the molecule is CNCc1cncnc1N(C)C. The van der Waals surface area contributed by atoms with Gasteiger partial charge < -0.3 is 10.2 Å². The molecule has 0 aromatic carbocycles. The second-order valence-corrected chi connectivity index (χ2v) is 2.80. The Morgan fingerprint density at radius 2 is 2.25 bits per heavy atom. The van der Waals surface area contributed by atoms with Crippen molar-refractivity contribution < 1.29 is 0 Å². The quantitative estimate of drug-likeness (QED) is 0.699. The minimum atomic E-state index is 0.800. The summed E-state index contributed by atoms with van der Waals surface area (Å²) in [6.45, 7) is 0.800. The van der Waals surface area contributed by atoms with E-state index in [1.54, 1.807) is 6.33 Å². The van der Waals surface area contributed by atoms with Crippen molar-refractivity contribution in [3.8, 4) is 0 Å². The summed E-state index contributed by atoms with van der Waals surface area (Å²) in [6.07, 6.45) is 3.40. The molecule has 0 saturated carbocycles. The van der Waals surface area contributed by atoms with Gasteiger partial charge in [-0.3, -0.25) is 0 Å². The van der Waals surface area contributed by atoms with Crippen LogP contribution in [0.15, 0.2) is 12.5 Å². The number of nitrogens with one attached hydrogen (secondary N) is 1. The van der Waals surface area contributed by atoms with Gasteiger partial charge in [0.1, 0.15) is 12.1 Å². The fourth-order valence-corrected chi connectivity index (χ4v) is 1.07. The molecule has 0 amide bonds. The Kier molecular flexibility index (Phi) is 2.99. The summed E-state index contributed by atoms with van der Waals surface area (Å²) < 4.78 is 0. The van der Waals surface area contributed by atoms with Crippen molar-refractivity contribution >= 4 is 5.82 Å². The number of rotatable bonds is 3. The highest BCUT2D eigenvalue weighted by Crippen LogP contribution is 2.11. The molecule has 66 valence electrons. The van der Waals surface area contributed by atoms with Crippen LogP contribution in [-0.2, 0) is 6.54 Å². The molecule has 0 radical (unpaired) electrons. The number of hydrogen-bond acceptors (Lipinski definition) is 4. The van der Waals surface area contributed by atoms with Crippen LogP contribution in [-0.4, -0.2) is 31.1 Å². The first-order valence-corrected chi connectivity index (χ1v) is 3.86. The van der Waals surface area contributed by atoms with E-state index in [9.17, 15) is 0 Å². The van der Waals surface area contributed by atoms with Gasteiger partial charge in [0, 0.05) is 32.4 Å². The summed E-state index contributed by atoms with van der Waals surface area (Å²) in [7, 11) is 5.86. The van der Waals surface area contributed by atoms with Crippen LogP contribution in [0.3, 0.4) is 0 Å². The van der Waals surface area contributed by atoms with E-state index >= 15 is 0 Å². The second-order valence-electron chi connectivity index (χ2n) is 2.80. The van der Waals surface area contributed by atoms with Gasteiger partial charge in [-0.05, 0) is 7.05 Å². The zero-order chi connectivity index (χ0) is 8.97. The third-order valence-corrected chi connectivity index (χ3v) is 1.56. The summed E-state index contributed by atoms with van der Waals surface area (Å²) in [6, 6.07) is 0. The zero-order valence-electron chi connectivity index (χ0n) is 7.70. The lowest BCUT2D eigenvalue weighted by atomic mass is 10.3. The molecule has 0 aliphatic carbocycles. The summed E-state index contributed by atoms with van der Waals surface area (Å²) >= 11 is 0. The molecule has 4 nitrogen and oxygen atoms in total. The normalized spacial score (nSPS) is 9.92. The van der Waals surface area contributed by atoms with Crippen LogP contribution >= 0.6 is 0 Å². The molecule has 1 rings (SSSR count). The van der Waals surface area contributed by atoms with Crippen molar-refractivity contribution in [2.75, 3.05) is 26.0 Å². The Morgan fingerprint density at radius 3 is 2.83 bits per heavy atom. The van der Waals surface area contributed by atoms with Crippen molar-refractivity contribution in [2.24, 2.45) is 0 Å². The van der Waals surface area contributed by atoms with E-state index in [0.29, 0.717) is 0 Å². The zero-order valence-corrected chi connectivity index (χ0v) is 7.70. The Labute approximate surface area is 72.6 Å². The average Bonchev–Trinajstić information content (AvgIpc) is 2.05. The van der Waals surface area contributed by atoms with E-state index in [2.05, 4.69) is 15.3 Å². The van der Waals surface area contributed by atoms with Crippen LogP contribution in [0.5, 0.6) is 0 Å². The number of aromatic nitrogens is 2. The molecular weight excluding hydrogens is 152 g/mol. The van der Waals surface area contributed by atoms with Gasteiger partial charge in [-0.2, -0.15) is 0 Å². The van der Waals surface area contributed by atoms with Crippen LogP contribution in [0.2, 0.25) is 0 Å². The van der Waals surface area contributed by atoms with Gasteiger partial charge in [-0.25, -0.2) is 9.97 Å².